The van der Waals surface area contributed by atoms with E-state index in [1.165, 1.54) is 16.4 Å². The molecule has 0 saturated carbocycles. The van der Waals surface area contributed by atoms with Gasteiger partial charge in [-0.05, 0) is 35.3 Å². The van der Waals surface area contributed by atoms with Crippen LogP contribution in [0.2, 0.25) is 0 Å². The number of rotatable bonds is 5. The number of anilines is 1. The Labute approximate surface area is 154 Å². The monoisotopic (exact) mass is 423 g/mol. The molecule has 0 amide bonds. The van der Waals surface area contributed by atoms with Crippen LogP contribution in [-0.4, -0.2) is 28.0 Å². The lowest BCUT2D eigenvalue weighted by molar-refractivity contribution is 0.599. The Balaban J connectivity index is 1.83. The minimum absolute atomic E-state index is 0.134. The van der Waals surface area contributed by atoms with Gasteiger partial charge in [-0.15, -0.1) is 0 Å². The number of benzene rings is 1. The second kappa shape index (κ2) is 6.64. The molecule has 25 heavy (non-hydrogen) atoms. The van der Waals surface area contributed by atoms with Crippen LogP contribution >= 0.6 is 15.9 Å². The minimum Gasteiger partial charge on any atom is -0.272 e. The fraction of sp³-hybridized carbons (Fsp3) is 0.250. The lowest BCUT2D eigenvalue weighted by Crippen LogP contribution is -2.15. The summed E-state index contributed by atoms with van der Waals surface area (Å²) < 4.78 is 31.4. The van der Waals surface area contributed by atoms with Gasteiger partial charge in [-0.2, -0.15) is 10.2 Å². The fourth-order valence-corrected chi connectivity index (χ4v) is 4.12. The molecule has 7 nitrogen and oxygen atoms in total. The van der Waals surface area contributed by atoms with Crippen molar-refractivity contribution in [2.24, 2.45) is 7.05 Å². The average molecular weight is 424 g/mol. The van der Waals surface area contributed by atoms with E-state index in [2.05, 4.69) is 30.8 Å². The maximum absolute atomic E-state index is 12.6. The van der Waals surface area contributed by atoms with E-state index >= 15 is 0 Å². The number of hydrogen-bond donors (Lipinski definition) is 1. The maximum Gasteiger partial charge on any atom is 0.266 e. The SMILES string of the molecule is Cc1ccc(Cn2cc(Br)c(NS(=O)(=O)c3cnn(C)c3C)n2)cc1. The molecule has 1 aromatic carbocycles. The Morgan fingerprint density at radius 3 is 2.48 bits per heavy atom. The second-order valence-corrected chi connectivity index (χ2v) is 8.34. The van der Waals surface area contributed by atoms with Gasteiger partial charge in [0.05, 0.1) is 22.9 Å². The first-order chi connectivity index (χ1) is 11.8. The molecule has 0 aliphatic heterocycles. The predicted octanol–water partition coefficient (Wildman–Crippen LogP) is 2.85. The molecule has 0 aliphatic carbocycles. The number of nitrogens with one attached hydrogen (secondary N) is 1. The summed E-state index contributed by atoms with van der Waals surface area (Å²) in [5.41, 5.74) is 2.83. The van der Waals surface area contributed by atoms with Gasteiger partial charge in [0.1, 0.15) is 4.90 Å². The van der Waals surface area contributed by atoms with Crippen molar-refractivity contribution in [2.75, 3.05) is 4.72 Å². The van der Waals surface area contributed by atoms with E-state index < -0.39 is 10.0 Å². The molecule has 9 heteroatoms. The molecule has 3 aromatic rings. The second-order valence-electron chi connectivity index (χ2n) is 5.83. The van der Waals surface area contributed by atoms with E-state index in [0.717, 1.165) is 5.56 Å². The fourth-order valence-electron chi connectivity index (χ4n) is 2.35. The standard InChI is InChI=1S/C16H18BrN5O2S/c1-11-4-6-13(7-5-11)9-22-10-14(17)16(19-22)20-25(23,24)15-8-18-21(3)12(15)2/h4-8,10H,9H2,1-3H3,(H,19,20). The molecule has 0 spiro atoms. The summed E-state index contributed by atoms with van der Waals surface area (Å²) in [4.78, 5) is 0.134. The molecule has 0 aliphatic rings. The number of halogens is 1. The number of aromatic nitrogens is 4. The van der Waals surface area contributed by atoms with Crippen molar-refractivity contribution in [3.05, 3.63) is 58.0 Å². The van der Waals surface area contributed by atoms with Crippen LogP contribution in [0.4, 0.5) is 5.82 Å². The van der Waals surface area contributed by atoms with Crippen LogP contribution in [0.5, 0.6) is 0 Å². The number of hydrogen-bond acceptors (Lipinski definition) is 4. The van der Waals surface area contributed by atoms with Gasteiger partial charge in [0.2, 0.25) is 0 Å². The van der Waals surface area contributed by atoms with E-state index in [-0.39, 0.29) is 10.7 Å². The highest BCUT2D eigenvalue weighted by Crippen LogP contribution is 2.24. The van der Waals surface area contributed by atoms with Crippen LogP contribution in [0.1, 0.15) is 16.8 Å². The number of nitrogens with zero attached hydrogens (tertiary/aromatic N) is 4. The highest BCUT2D eigenvalue weighted by molar-refractivity contribution is 9.10. The van der Waals surface area contributed by atoms with Crippen molar-refractivity contribution in [3.8, 4) is 0 Å². The summed E-state index contributed by atoms with van der Waals surface area (Å²) in [6.07, 6.45) is 3.07. The van der Waals surface area contributed by atoms with Crippen LogP contribution in [0.15, 0.2) is 46.0 Å². The largest absolute Gasteiger partial charge is 0.272 e. The third-order valence-corrected chi connectivity index (χ3v) is 5.92. The summed E-state index contributed by atoms with van der Waals surface area (Å²) in [5, 5.41) is 8.30. The zero-order valence-electron chi connectivity index (χ0n) is 14.1. The van der Waals surface area contributed by atoms with Crippen molar-refractivity contribution in [3.63, 3.8) is 0 Å². The lowest BCUT2D eigenvalue weighted by Gasteiger charge is -2.06. The van der Waals surface area contributed by atoms with Gasteiger partial charge in [0.15, 0.2) is 5.82 Å². The Bertz CT molecular complexity index is 1010. The molecule has 0 radical (unpaired) electrons. The summed E-state index contributed by atoms with van der Waals surface area (Å²) in [6, 6.07) is 8.10. The Morgan fingerprint density at radius 2 is 1.88 bits per heavy atom. The lowest BCUT2D eigenvalue weighted by atomic mass is 10.1. The van der Waals surface area contributed by atoms with Gasteiger partial charge >= 0.3 is 0 Å². The summed E-state index contributed by atoms with van der Waals surface area (Å²) in [7, 11) is -2.05. The van der Waals surface area contributed by atoms with Crippen molar-refractivity contribution >= 4 is 31.8 Å². The molecular formula is C16H18BrN5O2S. The molecule has 2 heterocycles. The molecular weight excluding hydrogens is 406 g/mol. The first-order valence-electron chi connectivity index (χ1n) is 7.56. The van der Waals surface area contributed by atoms with Gasteiger partial charge in [0.25, 0.3) is 10.0 Å². The van der Waals surface area contributed by atoms with E-state index in [1.54, 1.807) is 24.9 Å². The molecule has 1 N–H and O–H groups in total. The predicted molar refractivity (Wildman–Crippen MR) is 99.0 cm³/mol. The first-order valence-corrected chi connectivity index (χ1v) is 9.84. The smallest absolute Gasteiger partial charge is 0.266 e. The molecule has 2 aromatic heterocycles. The zero-order chi connectivity index (χ0) is 18.2. The van der Waals surface area contributed by atoms with Gasteiger partial charge in [-0.1, -0.05) is 29.8 Å². The summed E-state index contributed by atoms with van der Waals surface area (Å²) >= 11 is 3.36. The van der Waals surface area contributed by atoms with Crippen LogP contribution < -0.4 is 4.72 Å². The van der Waals surface area contributed by atoms with E-state index in [0.29, 0.717) is 16.7 Å². The third-order valence-electron chi connectivity index (χ3n) is 3.89. The first kappa shape index (κ1) is 17.7. The van der Waals surface area contributed by atoms with Crippen LogP contribution in [-0.2, 0) is 23.6 Å². The summed E-state index contributed by atoms with van der Waals surface area (Å²) in [5.74, 6) is 0.246. The van der Waals surface area contributed by atoms with Crippen LogP contribution in [0.3, 0.4) is 0 Å². The highest BCUT2D eigenvalue weighted by Gasteiger charge is 2.22. The molecule has 132 valence electrons. The molecule has 0 saturated heterocycles. The Morgan fingerprint density at radius 1 is 1.20 bits per heavy atom. The summed E-state index contributed by atoms with van der Waals surface area (Å²) in [6.45, 7) is 4.28. The van der Waals surface area contributed by atoms with E-state index in [4.69, 9.17) is 0 Å². The van der Waals surface area contributed by atoms with Crippen LogP contribution in [0.25, 0.3) is 0 Å². The van der Waals surface area contributed by atoms with Crippen molar-refractivity contribution in [1.29, 1.82) is 0 Å². The van der Waals surface area contributed by atoms with Crippen molar-refractivity contribution in [2.45, 2.75) is 25.3 Å². The van der Waals surface area contributed by atoms with Gasteiger partial charge in [-0.3, -0.25) is 14.1 Å². The van der Waals surface area contributed by atoms with E-state index in [1.807, 2.05) is 31.2 Å². The number of sulfonamides is 1. The quantitative estimate of drug-likeness (QED) is 0.683. The average Bonchev–Trinajstić information content (AvgIpc) is 3.05. The molecule has 3 rings (SSSR count). The normalized spacial score (nSPS) is 11.7. The minimum atomic E-state index is -3.75. The van der Waals surface area contributed by atoms with Crippen molar-refractivity contribution in [1.82, 2.24) is 19.6 Å². The topological polar surface area (TPSA) is 81.8 Å². The maximum atomic E-state index is 12.6. The van der Waals surface area contributed by atoms with E-state index in [9.17, 15) is 8.42 Å². The highest BCUT2D eigenvalue weighted by atomic mass is 79.9. The van der Waals surface area contributed by atoms with Gasteiger partial charge in [-0.25, -0.2) is 8.42 Å². The van der Waals surface area contributed by atoms with Gasteiger partial charge in [0, 0.05) is 13.2 Å². The van der Waals surface area contributed by atoms with Crippen molar-refractivity contribution < 1.29 is 8.42 Å². The molecule has 0 fully saturated rings. The van der Waals surface area contributed by atoms with Crippen LogP contribution in [0, 0.1) is 13.8 Å². The molecule has 0 unspecified atom stereocenters. The Hall–Kier alpha value is -2.13. The number of aryl methyl sites for hydroxylation is 2. The molecule has 0 atom stereocenters. The zero-order valence-corrected chi connectivity index (χ0v) is 16.5. The van der Waals surface area contributed by atoms with Gasteiger partial charge < -0.3 is 0 Å². The Kier molecular flexibility index (Phi) is 4.70. The molecule has 0 bridgehead atoms. The third kappa shape index (κ3) is 3.77.